The molecule has 8 atom stereocenters. The van der Waals surface area contributed by atoms with Gasteiger partial charge in [-0.15, -0.1) is 0 Å². The van der Waals surface area contributed by atoms with Crippen LogP contribution in [0.4, 0.5) is 0 Å². The van der Waals surface area contributed by atoms with E-state index in [1.54, 1.807) is 0 Å². The average Bonchev–Trinajstić information content (AvgIpc) is 3.18. The van der Waals surface area contributed by atoms with Gasteiger partial charge in [0.15, 0.2) is 14.6 Å². The number of cyclic esters (lactones) is 1. The number of ether oxygens (including phenoxy) is 3. The molecule has 3 aliphatic rings. The van der Waals surface area contributed by atoms with Gasteiger partial charge in [-0.3, -0.25) is 4.79 Å². The Bertz CT molecular complexity index is 605. The van der Waals surface area contributed by atoms with Crippen LogP contribution in [0.3, 0.4) is 0 Å². The molecule has 180 valence electrons. The zero-order valence-electron chi connectivity index (χ0n) is 20.9. The van der Waals surface area contributed by atoms with Gasteiger partial charge in [0.05, 0.1) is 12.5 Å². The van der Waals surface area contributed by atoms with Crippen molar-refractivity contribution in [1.82, 2.24) is 0 Å². The number of fused-ring (bicyclic) bond motifs is 1. The van der Waals surface area contributed by atoms with Crippen molar-refractivity contribution in [3.05, 3.63) is 0 Å². The normalized spacial score (nSPS) is 38.0. The minimum Gasteiger partial charge on any atom is -0.462 e. The molecular formula is C25H46O5Si. The molecule has 0 radical (unpaired) electrons. The highest BCUT2D eigenvalue weighted by atomic mass is 28.4. The van der Waals surface area contributed by atoms with Gasteiger partial charge in [0, 0.05) is 12.7 Å². The van der Waals surface area contributed by atoms with E-state index >= 15 is 0 Å². The van der Waals surface area contributed by atoms with Crippen molar-refractivity contribution in [2.75, 3.05) is 13.2 Å². The Morgan fingerprint density at radius 1 is 1.16 bits per heavy atom. The van der Waals surface area contributed by atoms with Crippen LogP contribution in [0.5, 0.6) is 0 Å². The fourth-order valence-electron chi connectivity index (χ4n) is 6.81. The molecule has 0 aromatic heterocycles. The highest BCUT2D eigenvalue weighted by Crippen LogP contribution is 2.59. The molecule has 1 saturated heterocycles. The van der Waals surface area contributed by atoms with Gasteiger partial charge in [-0.25, -0.2) is 0 Å². The quantitative estimate of drug-likeness (QED) is 0.238. The van der Waals surface area contributed by atoms with Crippen molar-refractivity contribution in [1.29, 1.82) is 0 Å². The zero-order valence-corrected chi connectivity index (χ0v) is 21.9. The van der Waals surface area contributed by atoms with E-state index in [2.05, 4.69) is 33.5 Å². The number of esters is 1. The minimum absolute atomic E-state index is 0.0266. The number of carbonyl (C=O) groups excluding carboxylic acids is 1. The molecule has 6 heteroatoms. The lowest BCUT2D eigenvalue weighted by atomic mass is 9.61. The first-order chi connectivity index (χ1) is 14.5. The molecule has 3 fully saturated rings. The van der Waals surface area contributed by atoms with Crippen molar-refractivity contribution >= 4 is 14.3 Å². The van der Waals surface area contributed by atoms with E-state index in [1.165, 1.54) is 32.1 Å². The second-order valence-electron chi connectivity index (χ2n) is 11.5. The smallest absolute Gasteiger partial charge is 0.311 e. The molecule has 0 aromatic carbocycles. The van der Waals surface area contributed by atoms with Gasteiger partial charge in [-0.05, 0) is 95.2 Å². The van der Waals surface area contributed by atoms with Gasteiger partial charge in [-0.1, -0.05) is 20.3 Å². The summed E-state index contributed by atoms with van der Waals surface area (Å²) in [5.74, 6) is 1.68. The van der Waals surface area contributed by atoms with Gasteiger partial charge in [0.25, 0.3) is 0 Å². The van der Waals surface area contributed by atoms with Crippen molar-refractivity contribution in [2.45, 2.75) is 111 Å². The monoisotopic (exact) mass is 454 g/mol. The first-order valence-corrected chi connectivity index (χ1v) is 16.1. The van der Waals surface area contributed by atoms with Gasteiger partial charge in [0.2, 0.25) is 0 Å². The van der Waals surface area contributed by atoms with E-state index in [9.17, 15) is 4.79 Å². The highest BCUT2D eigenvalue weighted by molar-refractivity contribution is 6.69. The van der Waals surface area contributed by atoms with Crippen LogP contribution in [0.25, 0.3) is 0 Å². The Kier molecular flexibility index (Phi) is 8.31. The van der Waals surface area contributed by atoms with Crippen LogP contribution in [-0.4, -0.2) is 46.0 Å². The maximum absolute atomic E-state index is 12.4. The molecule has 2 saturated carbocycles. The third-order valence-corrected chi connectivity index (χ3v) is 9.07. The summed E-state index contributed by atoms with van der Waals surface area (Å²) in [6.45, 7) is 16.7. The SMILES string of the molecule is CCO[C@@H](C)OC[C@H]1C[C@@H](CC(C)C2CC[C@@H]3[C@@H](O[Si](C)(C)C)CCC[C@@]23C)OC1=O. The van der Waals surface area contributed by atoms with Crippen LogP contribution >= 0.6 is 0 Å². The summed E-state index contributed by atoms with van der Waals surface area (Å²) in [5, 5.41) is 0. The van der Waals surface area contributed by atoms with E-state index in [0.29, 0.717) is 42.5 Å². The van der Waals surface area contributed by atoms with Gasteiger partial charge in [-0.2, -0.15) is 0 Å². The Labute approximate surface area is 191 Å². The molecule has 1 aliphatic heterocycles. The lowest BCUT2D eigenvalue weighted by Gasteiger charge is -2.48. The third kappa shape index (κ3) is 6.13. The van der Waals surface area contributed by atoms with E-state index in [0.717, 1.165) is 12.8 Å². The molecule has 0 amide bonds. The molecule has 0 spiro atoms. The topological polar surface area (TPSA) is 54.0 Å². The van der Waals surface area contributed by atoms with E-state index in [1.807, 2.05) is 13.8 Å². The fourth-order valence-corrected chi connectivity index (χ4v) is 8.00. The lowest BCUT2D eigenvalue weighted by Crippen LogP contribution is -2.46. The fraction of sp³-hybridized carbons (Fsp3) is 0.960. The molecule has 2 aliphatic carbocycles. The van der Waals surface area contributed by atoms with Crippen LogP contribution in [0.1, 0.15) is 72.6 Å². The number of carbonyl (C=O) groups is 1. The number of hydrogen-bond donors (Lipinski definition) is 0. The van der Waals surface area contributed by atoms with Crippen LogP contribution < -0.4 is 0 Å². The van der Waals surface area contributed by atoms with E-state index in [-0.39, 0.29) is 24.3 Å². The highest BCUT2D eigenvalue weighted by Gasteiger charge is 2.53. The molecule has 3 rings (SSSR count). The van der Waals surface area contributed by atoms with Crippen molar-refractivity contribution in [3.63, 3.8) is 0 Å². The second kappa shape index (κ2) is 10.2. The predicted molar refractivity (Wildman–Crippen MR) is 125 cm³/mol. The Morgan fingerprint density at radius 3 is 2.58 bits per heavy atom. The average molecular weight is 455 g/mol. The van der Waals surface area contributed by atoms with Crippen LogP contribution in [-0.2, 0) is 23.4 Å². The maximum atomic E-state index is 12.4. The van der Waals surface area contributed by atoms with Crippen molar-refractivity contribution < 1.29 is 23.4 Å². The number of rotatable bonds is 10. The molecule has 5 nitrogen and oxygen atoms in total. The Hall–Kier alpha value is -0.433. The van der Waals surface area contributed by atoms with Crippen molar-refractivity contribution in [3.8, 4) is 0 Å². The third-order valence-electron chi connectivity index (χ3n) is 8.06. The summed E-state index contributed by atoms with van der Waals surface area (Å²) in [4.78, 5) is 12.4. The van der Waals surface area contributed by atoms with Crippen LogP contribution in [0, 0.1) is 29.1 Å². The van der Waals surface area contributed by atoms with Gasteiger partial charge >= 0.3 is 5.97 Å². The maximum Gasteiger partial charge on any atom is 0.311 e. The standard InChI is InChI=1S/C25H46O5Si/c1-8-27-18(3)28-16-19-15-20(29-24(19)26)14-17(2)21-11-12-22-23(30-31(5,6)7)10-9-13-25(21,22)4/h17-23H,8-16H2,1-7H3/t17?,18-,19-,20-,21?,22-,23+,25+/m1/s1. The summed E-state index contributed by atoms with van der Waals surface area (Å²) in [6.07, 6.45) is 8.34. The lowest BCUT2D eigenvalue weighted by molar-refractivity contribution is -0.154. The van der Waals surface area contributed by atoms with Gasteiger partial charge < -0.3 is 18.6 Å². The summed E-state index contributed by atoms with van der Waals surface area (Å²) in [7, 11) is -1.53. The Balaban J connectivity index is 1.55. The second-order valence-corrected chi connectivity index (χ2v) is 16.0. The molecular weight excluding hydrogens is 408 g/mol. The van der Waals surface area contributed by atoms with Gasteiger partial charge in [0.1, 0.15) is 6.10 Å². The number of hydrogen-bond acceptors (Lipinski definition) is 5. The molecule has 0 bridgehead atoms. The van der Waals surface area contributed by atoms with E-state index < -0.39 is 8.32 Å². The minimum atomic E-state index is -1.53. The summed E-state index contributed by atoms with van der Waals surface area (Å²) >= 11 is 0. The first kappa shape index (κ1) is 25.2. The molecule has 2 unspecified atom stereocenters. The first-order valence-electron chi connectivity index (χ1n) is 12.6. The van der Waals surface area contributed by atoms with Crippen LogP contribution in [0.2, 0.25) is 19.6 Å². The molecule has 0 aromatic rings. The molecule has 31 heavy (non-hydrogen) atoms. The summed E-state index contributed by atoms with van der Waals surface area (Å²) in [5.41, 5.74) is 0.361. The zero-order chi connectivity index (χ0) is 22.8. The summed E-state index contributed by atoms with van der Waals surface area (Å²) < 4.78 is 23.5. The van der Waals surface area contributed by atoms with Crippen LogP contribution in [0.15, 0.2) is 0 Å². The predicted octanol–water partition coefficient (Wildman–Crippen LogP) is 5.78. The Morgan fingerprint density at radius 2 is 1.90 bits per heavy atom. The van der Waals surface area contributed by atoms with E-state index in [4.69, 9.17) is 18.6 Å². The largest absolute Gasteiger partial charge is 0.462 e. The summed E-state index contributed by atoms with van der Waals surface area (Å²) in [6, 6.07) is 0. The molecule has 1 heterocycles. The van der Waals surface area contributed by atoms with Crippen molar-refractivity contribution in [2.24, 2.45) is 29.1 Å². The molecule has 0 N–H and O–H groups in total.